The Bertz CT molecular complexity index is 763. The summed E-state index contributed by atoms with van der Waals surface area (Å²) >= 11 is 0. The SMILES string of the molecule is Cc1ccc2oc(-c3cnc(CNC(C)(C)C)o3)cc2c1. The largest absolute Gasteiger partial charge is 0.453 e. The highest BCUT2D eigenvalue weighted by Gasteiger charge is 2.14. The van der Waals surface area contributed by atoms with Crippen LogP contribution in [-0.2, 0) is 6.54 Å². The smallest absolute Gasteiger partial charge is 0.209 e. The standard InChI is InChI=1S/C17H20N2O2/c1-11-5-6-13-12(7-11)8-14(20-13)15-9-18-16(21-15)10-19-17(2,3)4/h5-9,19H,10H2,1-4H3. The van der Waals surface area contributed by atoms with Crippen LogP contribution in [0.15, 0.2) is 39.3 Å². The highest BCUT2D eigenvalue weighted by molar-refractivity contribution is 5.82. The summed E-state index contributed by atoms with van der Waals surface area (Å²) in [5.41, 5.74) is 2.11. The molecule has 0 saturated heterocycles. The zero-order chi connectivity index (χ0) is 15.0. The predicted octanol–water partition coefficient (Wildman–Crippen LogP) is 4.28. The fraction of sp³-hybridized carbons (Fsp3) is 0.353. The molecule has 0 saturated carbocycles. The average Bonchev–Trinajstić information content (AvgIpc) is 3.00. The van der Waals surface area contributed by atoms with Gasteiger partial charge in [0.05, 0.1) is 12.7 Å². The van der Waals surface area contributed by atoms with E-state index in [0.717, 1.165) is 11.0 Å². The number of rotatable bonds is 3. The first kappa shape index (κ1) is 13.9. The molecule has 1 N–H and O–H groups in total. The van der Waals surface area contributed by atoms with Gasteiger partial charge in [0.1, 0.15) is 5.58 Å². The first-order valence-electron chi connectivity index (χ1n) is 7.11. The molecule has 3 aromatic rings. The van der Waals surface area contributed by atoms with Crippen LogP contribution in [0.1, 0.15) is 32.2 Å². The first-order valence-corrected chi connectivity index (χ1v) is 7.11. The number of nitrogens with zero attached hydrogens (tertiary/aromatic N) is 1. The van der Waals surface area contributed by atoms with Crippen LogP contribution in [0.4, 0.5) is 0 Å². The third-order valence-corrected chi connectivity index (χ3v) is 3.24. The number of aryl methyl sites for hydroxylation is 1. The molecule has 0 aliphatic heterocycles. The molecule has 4 nitrogen and oxygen atoms in total. The van der Waals surface area contributed by atoms with Gasteiger partial charge >= 0.3 is 0 Å². The van der Waals surface area contributed by atoms with Crippen LogP contribution in [0.2, 0.25) is 0 Å². The second-order valence-electron chi connectivity index (χ2n) is 6.37. The molecule has 0 aliphatic rings. The van der Waals surface area contributed by atoms with Crippen LogP contribution in [0, 0.1) is 6.92 Å². The molecule has 1 aromatic carbocycles. The maximum Gasteiger partial charge on any atom is 0.209 e. The Balaban J connectivity index is 1.84. The summed E-state index contributed by atoms with van der Waals surface area (Å²) in [6.45, 7) is 9.00. The number of aromatic nitrogens is 1. The van der Waals surface area contributed by atoms with Crippen molar-refractivity contribution in [1.29, 1.82) is 0 Å². The lowest BCUT2D eigenvalue weighted by Crippen LogP contribution is -2.35. The molecule has 0 unspecified atom stereocenters. The minimum absolute atomic E-state index is 0.0333. The number of oxazole rings is 1. The van der Waals surface area contributed by atoms with Gasteiger partial charge < -0.3 is 14.2 Å². The van der Waals surface area contributed by atoms with Crippen molar-refractivity contribution in [2.24, 2.45) is 0 Å². The Kier molecular flexibility index (Phi) is 3.33. The molecule has 3 rings (SSSR count). The topological polar surface area (TPSA) is 51.2 Å². The van der Waals surface area contributed by atoms with E-state index in [0.29, 0.717) is 24.0 Å². The summed E-state index contributed by atoms with van der Waals surface area (Å²) < 4.78 is 11.6. The van der Waals surface area contributed by atoms with E-state index >= 15 is 0 Å². The minimum Gasteiger partial charge on any atom is -0.453 e. The van der Waals surface area contributed by atoms with Gasteiger partial charge in [-0.1, -0.05) is 11.6 Å². The van der Waals surface area contributed by atoms with Gasteiger partial charge in [-0.2, -0.15) is 0 Å². The highest BCUT2D eigenvalue weighted by atomic mass is 16.4. The van der Waals surface area contributed by atoms with Crippen LogP contribution < -0.4 is 5.32 Å². The Morgan fingerprint density at radius 1 is 1.10 bits per heavy atom. The lowest BCUT2D eigenvalue weighted by molar-refractivity contribution is 0.382. The minimum atomic E-state index is 0.0333. The fourth-order valence-corrected chi connectivity index (χ4v) is 2.13. The second kappa shape index (κ2) is 5.04. The lowest BCUT2D eigenvalue weighted by Gasteiger charge is -2.18. The predicted molar refractivity (Wildman–Crippen MR) is 83.0 cm³/mol. The van der Waals surface area contributed by atoms with Crippen LogP contribution in [0.3, 0.4) is 0 Å². The fourth-order valence-electron chi connectivity index (χ4n) is 2.13. The monoisotopic (exact) mass is 284 g/mol. The van der Waals surface area contributed by atoms with Crippen molar-refractivity contribution in [2.75, 3.05) is 0 Å². The van der Waals surface area contributed by atoms with E-state index < -0.39 is 0 Å². The molecule has 2 heterocycles. The summed E-state index contributed by atoms with van der Waals surface area (Å²) in [5.74, 6) is 2.04. The lowest BCUT2D eigenvalue weighted by atomic mass is 10.1. The molecule has 110 valence electrons. The molecule has 0 aliphatic carbocycles. The molecule has 0 fully saturated rings. The van der Waals surface area contributed by atoms with Crippen LogP contribution >= 0.6 is 0 Å². The number of hydrogen-bond acceptors (Lipinski definition) is 4. The molecule has 0 radical (unpaired) electrons. The number of furan rings is 1. The second-order valence-corrected chi connectivity index (χ2v) is 6.37. The quantitative estimate of drug-likeness (QED) is 0.779. The Morgan fingerprint density at radius 3 is 2.67 bits per heavy atom. The first-order chi connectivity index (χ1) is 9.90. The third-order valence-electron chi connectivity index (χ3n) is 3.24. The summed E-state index contributed by atoms with van der Waals surface area (Å²) in [6.07, 6.45) is 1.71. The summed E-state index contributed by atoms with van der Waals surface area (Å²) in [5, 5.41) is 4.43. The van der Waals surface area contributed by atoms with E-state index in [-0.39, 0.29) is 5.54 Å². The van der Waals surface area contributed by atoms with E-state index in [1.54, 1.807) is 6.20 Å². The molecule has 0 atom stereocenters. The molecule has 0 spiro atoms. The zero-order valence-corrected chi connectivity index (χ0v) is 12.9. The average molecular weight is 284 g/mol. The molecule has 4 heteroatoms. The zero-order valence-electron chi connectivity index (χ0n) is 12.9. The van der Waals surface area contributed by atoms with Gasteiger partial charge in [0.15, 0.2) is 11.5 Å². The van der Waals surface area contributed by atoms with Gasteiger partial charge in [0.2, 0.25) is 5.89 Å². The number of benzene rings is 1. The summed E-state index contributed by atoms with van der Waals surface area (Å²) in [7, 11) is 0. The van der Waals surface area contributed by atoms with Gasteiger partial charge in [-0.05, 0) is 45.9 Å². The van der Waals surface area contributed by atoms with E-state index in [9.17, 15) is 0 Å². The molecule has 0 bridgehead atoms. The van der Waals surface area contributed by atoms with Crippen molar-refractivity contribution in [3.05, 3.63) is 41.9 Å². The van der Waals surface area contributed by atoms with Crippen LogP contribution in [0.5, 0.6) is 0 Å². The van der Waals surface area contributed by atoms with Gasteiger partial charge in [-0.3, -0.25) is 0 Å². The van der Waals surface area contributed by atoms with E-state index in [1.807, 2.05) is 18.2 Å². The molecular formula is C17H20N2O2. The highest BCUT2D eigenvalue weighted by Crippen LogP contribution is 2.28. The number of fused-ring (bicyclic) bond motifs is 1. The van der Waals surface area contributed by atoms with Crippen LogP contribution in [0.25, 0.3) is 22.5 Å². The van der Waals surface area contributed by atoms with Gasteiger partial charge in [-0.15, -0.1) is 0 Å². The van der Waals surface area contributed by atoms with Gasteiger partial charge in [0, 0.05) is 10.9 Å². The Labute approximate surface area is 124 Å². The van der Waals surface area contributed by atoms with E-state index in [4.69, 9.17) is 8.83 Å². The number of nitrogens with one attached hydrogen (secondary N) is 1. The van der Waals surface area contributed by atoms with Gasteiger partial charge in [-0.25, -0.2) is 4.98 Å². The Hall–Kier alpha value is -2.07. The van der Waals surface area contributed by atoms with Gasteiger partial charge in [0.25, 0.3) is 0 Å². The summed E-state index contributed by atoms with van der Waals surface area (Å²) in [6, 6.07) is 8.10. The normalized spacial score (nSPS) is 12.2. The maximum absolute atomic E-state index is 5.81. The van der Waals surface area contributed by atoms with E-state index in [1.165, 1.54) is 5.56 Å². The Morgan fingerprint density at radius 2 is 1.90 bits per heavy atom. The summed E-state index contributed by atoms with van der Waals surface area (Å²) in [4.78, 5) is 4.29. The molecular weight excluding hydrogens is 264 g/mol. The van der Waals surface area contributed by atoms with E-state index in [2.05, 4.69) is 44.1 Å². The third kappa shape index (κ3) is 3.16. The van der Waals surface area contributed by atoms with Crippen molar-refractivity contribution in [3.63, 3.8) is 0 Å². The van der Waals surface area contributed by atoms with Crippen molar-refractivity contribution >= 4 is 11.0 Å². The van der Waals surface area contributed by atoms with Crippen molar-refractivity contribution in [3.8, 4) is 11.5 Å². The number of hydrogen-bond donors (Lipinski definition) is 1. The van der Waals surface area contributed by atoms with Crippen molar-refractivity contribution < 1.29 is 8.83 Å². The van der Waals surface area contributed by atoms with Crippen LogP contribution in [-0.4, -0.2) is 10.5 Å². The van der Waals surface area contributed by atoms with Crippen molar-refractivity contribution in [2.45, 2.75) is 39.8 Å². The molecule has 2 aromatic heterocycles. The molecule has 0 amide bonds. The van der Waals surface area contributed by atoms with Crippen molar-refractivity contribution in [1.82, 2.24) is 10.3 Å². The molecule has 21 heavy (non-hydrogen) atoms. The maximum atomic E-state index is 5.81.